The molecule has 0 aliphatic heterocycles. The summed E-state index contributed by atoms with van der Waals surface area (Å²) in [5.41, 5.74) is 0. The van der Waals surface area contributed by atoms with E-state index in [1.165, 1.54) is 33.1 Å². The molecule has 0 bridgehead atoms. The lowest BCUT2D eigenvalue weighted by atomic mass is 10.4. The molecule has 0 amide bonds. The summed E-state index contributed by atoms with van der Waals surface area (Å²) in [5.74, 6) is 0.167. The summed E-state index contributed by atoms with van der Waals surface area (Å²) >= 11 is 0. The number of unbranched alkanes of at least 4 members (excludes halogenated alkanes) is 1. The summed E-state index contributed by atoms with van der Waals surface area (Å²) in [6.07, 6.45) is 4.14. The van der Waals surface area contributed by atoms with E-state index < -0.39 is 0 Å². The number of carbonyl (C=O) groups is 1. The van der Waals surface area contributed by atoms with Gasteiger partial charge in [0.2, 0.25) is 0 Å². The summed E-state index contributed by atoms with van der Waals surface area (Å²) in [6, 6.07) is 0. The SMILES string of the molecule is CC(C)=O.CCC.CCCC.O=C=O. The number of Topliss-reactive ketones (excluding diaryl/α,β-unsaturated/α-hetero) is 1. The molecule has 0 N–H and O–H groups in total. The molecule has 0 fully saturated rings. The molecule has 3 heteroatoms. The van der Waals surface area contributed by atoms with Crippen LogP contribution in [0.15, 0.2) is 0 Å². The van der Waals surface area contributed by atoms with Crippen molar-refractivity contribution < 1.29 is 14.4 Å². The Morgan fingerprint density at radius 1 is 0.929 bits per heavy atom. The van der Waals surface area contributed by atoms with E-state index in [9.17, 15) is 4.79 Å². The van der Waals surface area contributed by atoms with Gasteiger partial charge in [0.05, 0.1) is 0 Å². The van der Waals surface area contributed by atoms with Gasteiger partial charge < -0.3 is 4.79 Å². The van der Waals surface area contributed by atoms with Crippen LogP contribution in [0.5, 0.6) is 0 Å². The largest absolute Gasteiger partial charge is 0.373 e. The second-order valence-electron chi connectivity index (χ2n) is 2.70. The summed E-state index contributed by atoms with van der Waals surface area (Å²) in [6.45, 7) is 11.7. The maximum Gasteiger partial charge on any atom is 0.373 e. The van der Waals surface area contributed by atoms with Crippen LogP contribution in [-0.2, 0) is 14.4 Å². The maximum absolute atomic E-state index is 9.44. The van der Waals surface area contributed by atoms with Crippen molar-refractivity contribution in [2.45, 2.75) is 60.8 Å². The molecule has 0 atom stereocenters. The fourth-order valence-corrected chi connectivity index (χ4v) is 0. The second-order valence-corrected chi connectivity index (χ2v) is 2.70. The zero-order valence-electron chi connectivity index (χ0n) is 10.3. The van der Waals surface area contributed by atoms with Gasteiger partial charge in [-0.05, 0) is 13.8 Å². The Labute approximate surface area is 87.9 Å². The fourth-order valence-electron chi connectivity index (χ4n) is 0. The van der Waals surface area contributed by atoms with Gasteiger partial charge in [0, 0.05) is 0 Å². The number of rotatable bonds is 1. The molecule has 0 rings (SSSR count). The Bertz CT molecular complexity index is 108. The van der Waals surface area contributed by atoms with Crippen LogP contribution in [0.3, 0.4) is 0 Å². The van der Waals surface area contributed by atoms with E-state index in [0.717, 1.165) is 0 Å². The van der Waals surface area contributed by atoms with Gasteiger partial charge in [-0.3, -0.25) is 0 Å². The van der Waals surface area contributed by atoms with Crippen LogP contribution >= 0.6 is 0 Å². The molecule has 0 aromatic heterocycles. The van der Waals surface area contributed by atoms with Crippen LogP contribution in [0.2, 0.25) is 0 Å². The van der Waals surface area contributed by atoms with Crippen molar-refractivity contribution in [1.29, 1.82) is 0 Å². The van der Waals surface area contributed by atoms with E-state index in [4.69, 9.17) is 9.59 Å². The Hall–Kier alpha value is -0.950. The average Bonchev–Trinajstić information content (AvgIpc) is 2.06. The maximum atomic E-state index is 9.44. The quantitative estimate of drug-likeness (QED) is 0.659. The van der Waals surface area contributed by atoms with Crippen molar-refractivity contribution in [1.82, 2.24) is 0 Å². The molecule has 0 aliphatic rings. The van der Waals surface area contributed by atoms with E-state index in [-0.39, 0.29) is 11.9 Å². The first-order valence-corrected chi connectivity index (χ1v) is 4.94. The Kier molecular flexibility index (Phi) is 66.4. The third-order valence-electron chi connectivity index (χ3n) is 0.500. The van der Waals surface area contributed by atoms with Gasteiger partial charge in [-0.2, -0.15) is 9.59 Å². The monoisotopic (exact) mass is 204 g/mol. The predicted octanol–water partition coefficient (Wildman–Crippen LogP) is 3.23. The smallest absolute Gasteiger partial charge is 0.300 e. The van der Waals surface area contributed by atoms with E-state index >= 15 is 0 Å². The first-order chi connectivity index (χ1) is 6.47. The molecular formula is C11H24O3. The summed E-state index contributed by atoms with van der Waals surface area (Å²) < 4.78 is 0. The molecule has 0 unspecified atom stereocenters. The van der Waals surface area contributed by atoms with E-state index in [2.05, 4.69) is 27.7 Å². The van der Waals surface area contributed by atoms with Crippen LogP contribution in [0.25, 0.3) is 0 Å². The predicted molar refractivity (Wildman–Crippen MR) is 57.9 cm³/mol. The second kappa shape index (κ2) is 40.2. The first-order valence-electron chi connectivity index (χ1n) is 4.94. The molecule has 0 aliphatic carbocycles. The van der Waals surface area contributed by atoms with Crippen LogP contribution in [0.4, 0.5) is 0 Å². The Balaban J connectivity index is -0.0000000482. The van der Waals surface area contributed by atoms with Crippen molar-refractivity contribution in [2.75, 3.05) is 0 Å². The van der Waals surface area contributed by atoms with Gasteiger partial charge in [0.25, 0.3) is 0 Å². The van der Waals surface area contributed by atoms with Gasteiger partial charge in [-0.1, -0.05) is 47.0 Å². The lowest BCUT2D eigenvalue weighted by Crippen LogP contribution is -1.69. The number of hydrogen-bond acceptors (Lipinski definition) is 3. The molecule has 0 heterocycles. The molecule has 0 saturated carbocycles. The fraction of sp³-hybridized carbons (Fsp3) is 0.818. The normalized spacial score (nSPS) is 5.86. The molecule has 86 valence electrons. The van der Waals surface area contributed by atoms with Gasteiger partial charge >= 0.3 is 6.15 Å². The van der Waals surface area contributed by atoms with Gasteiger partial charge in [-0.25, -0.2) is 0 Å². The van der Waals surface area contributed by atoms with Crippen molar-refractivity contribution in [2.24, 2.45) is 0 Å². The van der Waals surface area contributed by atoms with E-state index in [1.54, 1.807) is 0 Å². The molecule has 0 aromatic carbocycles. The first kappa shape index (κ1) is 23.1. The highest BCUT2D eigenvalue weighted by molar-refractivity contribution is 5.72. The molecule has 0 saturated heterocycles. The van der Waals surface area contributed by atoms with Gasteiger partial charge in [-0.15, -0.1) is 0 Å². The minimum absolute atomic E-state index is 0.167. The highest BCUT2D eigenvalue weighted by Gasteiger charge is 1.62. The number of hydrogen-bond donors (Lipinski definition) is 0. The lowest BCUT2D eigenvalue weighted by Gasteiger charge is -1.68. The van der Waals surface area contributed by atoms with E-state index in [1.807, 2.05) is 0 Å². The molecule has 0 spiro atoms. The standard InChI is InChI=1S/C4H10.C3H6O.C3H8.CO2/c1-3-4-2;1-3(2)4;1-3-2;2-1-3/h3-4H2,1-2H3;1-2H3;3H2,1-2H3;. The average molecular weight is 204 g/mol. The highest BCUT2D eigenvalue weighted by Crippen LogP contribution is 1.76. The zero-order valence-corrected chi connectivity index (χ0v) is 10.3. The molecule has 3 nitrogen and oxygen atoms in total. The lowest BCUT2D eigenvalue weighted by molar-refractivity contribution is -0.191. The third kappa shape index (κ3) is 446000. The molecule has 14 heavy (non-hydrogen) atoms. The van der Waals surface area contributed by atoms with E-state index in [0.29, 0.717) is 0 Å². The summed E-state index contributed by atoms with van der Waals surface area (Å²) in [4.78, 5) is 25.7. The topological polar surface area (TPSA) is 51.2 Å². The minimum Gasteiger partial charge on any atom is -0.300 e. The number of ketones is 1. The zero-order chi connectivity index (χ0) is 12.4. The van der Waals surface area contributed by atoms with Crippen LogP contribution in [-0.4, -0.2) is 11.9 Å². The van der Waals surface area contributed by atoms with Crippen molar-refractivity contribution in [3.05, 3.63) is 0 Å². The van der Waals surface area contributed by atoms with Crippen LogP contribution in [0, 0.1) is 0 Å². The summed E-state index contributed by atoms with van der Waals surface area (Å²) in [5, 5.41) is 0. The minimum atomic E-state index is 0.167. The van der Waals surface area contributed by atoms with Gasteiger partial charge in [0.1, 0.15) is 5.78 Å². The van der Waals surface area contributed by atoms with Gasteiger partial charge in [0.15, 0.2) is 0 Å². The van der Waals surface area contributed by atoms with Crippen LogP contribution < -0.4 is 0 Å². The number of carbonyl (C=O) groups excluding carboxylic acids is 3. The van der Waals surface area contributed by atoms with Crippen molar-refractivity contribution in [3.63, 3.8) is 0 Å². The van der Waals surface area contributed by atoms with Crippen LogP contribution in [0.1, 0.15) is 60.8 Å². The van der Waals surface area contributed by atoms with Crippen molar-refractivity contribution >= 4 is 11.9 Å². The third-order valence-corrected chi connectivity index (χ3v) is 0.500. The Morgan fingerprint density at radius 2 is 1.00 bits per heavy atom. The molecular weight excluding hydrogens is 180 g/mol. The summed E-state index contributed by atoms with van der Waals surface area (Å²) in [7, 11) is 0. The molecule has 0 aromatic rings. The highest BCUT2D eigenvalue weighted by atomic mass is 16.2. The Morgan fingerprint density at radius 3 is 1.00 bits per heavy atom. The van der Waals surface area contributed by atoms with Crippen molar-refractivity contribution in [3.8, 4) is 0 Å². The molecule has 0 radical (unpaired) electrons.